The first-order valence-corrected chi connectivity index (χ1v) is 8.36. The van der Waals surface area contributed by atoms with Crippen molar-refractivity contribution in [3.63, 3.8) is 0 Å². The first-order valence-electron chi connectivity index (χ1n) is 7.00. The molecule has 0 aromatic heterocycles. The average Bonchev–Trinajstić information content (AvgIpc) is 2.48. The molecule has 1 N–H and O–H groups in total. The van der Waals surface area contributed by atoms with Gasteiger partial charge in [0, 0.05) is 21.7 Å². The van der Waals surface area contributed by atoms with Crippen LogP contribution in [0.4, 0.5) is 4.39 Å². The van der Waals surface area contributed by atoms with E-state index in [1.165, 1.54) is 11.6 Å². The Hall–Kier alpha value is -1.03. The van der Waals surface area contributed by atoms with E-state index in [1.54, 1.807) is 17.8 Å². The van der Waals surface area contributed by atoms with Crippen LogP contribution in [0, 0.1) is 5.82 Å². The highest BCUT2D eigenvalue weighted by Gasteiger charge is 2.11. The number of hydrogen-bond acceptors (Lipinski definition) is 2. The number of hydrogen-bond donors (Lipinski definition) is 1. The summed E-state index contributed by atoms with van der Waals surface area (Å²) in [7, 11) is 0. The van der Waals surface area contributed by atoms with E-state index in [4.69, 9.17) is 11.6 Å². The second kappa shape index (κ2) is 7.83. The molecule has 1 nitrogen and oxygen atoms in total. The molecule has 0 spiro atoms. The molecule has 0 fully saturated rings. The van der Waals surface area contributed by atoms with Crippen molar-refractivity contribution in [2.75, 3.05) is 6.54 Å². The summed E-state index contributed by atoms with van der Waals surface area (Å²) in [5.74, 6) is 0.653. The second-order valence-corrected chi connectivity index (χ2v) is 6.33. The minimum Gasteiger partial charge on any atom is -0.310 e. The largest absolute Gasteiger partial charge is 0.310 e. The topological polar surface area (TPSA) is 12.0 Å². The molecule has 0 heterocycles. The van der Waals surface area contributed by atoms with Gasteiger partial charge in [0.15, 0.2) is 0 Å². The summed E-state index contributed by atoms with van der Waals surface area (Å²) in [4.78, 5) is 1.11. The highest BCUT2D eigenvalue weighted by Crippen LogP contribution is 2.31. The smallest absolute Gasteiger partial charge is 0.123 e. The van der Waals surface area contributed by atoms with Gasteiger partial charge in [-0.1, -0.05) is 30.7 Å². The summed E-state index contributed by atoms with van der Waals surface area (Å²) in [6.07, 6.45) is 0. The van der Waals surface area contributed by atoms with Gasteiger partial charge in [-0.05, 0) is 54.9 Å². The van der Waals surface area contributed by atoms with Crippen LogP contribution in [0.15, 0.2) is 47.4 Å². The van der Waals surface area contributed by atoms with Crippen LogP contribution in [0.25, 0.3) is 0 Å². The van der Waals surface area contributed by atoms with E-state index >= 15 is 0 Å². The summed E-state index contributed by atoms with van der Waals surface area (Å²) >= 11 is 7.61. The zero-order chi connectivity index (χ0) is 15.2. The lowest BCUT2D eigenvalue weighted by Gasteiger charge is -2.17. The fourth-order valence-corrected chi connectivity index (χ4v) is 3.35. The van der Waals surface area contributed by atoms with Crippen molar-refractivity contribution in [2.24, 2.45) is 0 Å². The van der Waals surface area contributed by atoms with Crippen molar-refractivity contribution in [1.82, 2.24) is 5.32 Å². The first-order chi connectivity index (χ1) is 10.1. The molecular weight excluding hydrogens is 305 g/mol. The van der Waals surface area contributed by atoms with Crippen LogP contribution >= 0.6 is 23.4 Å². The lowest BCUT2D eigenvalue weighted by atomic mass is 10.1. The van der Waals surface area contributed by atoms with E-state index < -0.39 is 0 Å². The summed E-state index contributed by atoms with van der Waals surface area (Å²) < 4.78 is 13.5. The van der Waals surface area contributed by atoms with Crippen LogP contribution in [-0.4, -0.2) is 6.54 Å². The van der Waals surface area contributed by atoms with Gasteiger partial charge < -0.3 is 5.32 Å². The lowest BCUT2D eigenvalue weighted by Crippen LogP contribution is -2.18. The molecule has 1 atom stereocenters. The third kappa shape index (κ3) is 4.73. The van der Waals surface area contributed by atoms with Crippen LogP contribution in [-0.2, 0) is 5.75 Å². The van der Waals surface area contributed by atoms with Crippen LogP contribution < -0.4 is 5.32 Å². The zero-order valence-electron chi connectivity index (χ0n) is 12.2. The number of nitrogens with one attached hydrogen (secondary N) is 1. The van der Waals surface area contributed by atoms with E-state index in [0.717, 1.165) is 27.8 Å². The average molecular weight is 324 g/mol. The summed E-state index contributed by atoms with van der Waals surface area (Å²) in [6.45, 7) is 4.97. The molecule has 0 bridgehead atoms. The van der Waals surface area contributed by atoms with Crippen LogP contribution in [0.5, 0.6) is 0 Å². The van der Waals surface area contributed by atoms with Crippen molar-refractivity contribution in [3.05, 3.63) is 64.4 Å². The Bertz CT molecular complexity index is 586. The molecule has 21 heavy (non-hydrogen) atoms. The van der Waals surface area contributed by atoms with E-state index in [0.29, 0.717) is 0 Å². The van der Waals surface area contributed by atoms with Crippen molar-refractivity contribution >= 4 is 23.4 Å². The fraction of sp³-hybridized carbons (Fsp3) is 0.294. The predicted molar refractivity (Wildman–Crippen MR) is 89.5 cm³/mol. The molecule has 0 aliphatic heterocycles. The third-order valence-corrected chi connectivity index (χ3v) is 4.67. The molecule has 0 saturated carbocycles. The lowest BCUT2D eigenvalue weighted by molar-refractivity contribution is 0.574. The van der Waals surface area contributed by atoms with Gasteiger partial charge in [0.25, 0.3) is 0 Å². The summed E-state index contributed by atoms with van der Waals surface area (Å²) in [6, 6.07) is 13.0. The maximum Gasteiger partial charge on any atom is 0.123 e. The SMILES string of the molecule is CCNC(C)c1cc(F)ccc1SCc1ccc(Cl)cc1. The van der Waals surface area contributed by atoms with Crippen molar-refractivity contribution in [1.29, 1.82) is 0 Å². The first kappa shape index (κ1) is 16.3. The van der Waals surface area contributed by atoms with Gasteiger partial charge in [0.05, 0.1) is 0 Å². The highest BCUT2D eigenvalue weighted by atomic mass is 35.5. The predicted octanol–water partition coefficient (Wildman–Crippen LogP) is 5.44. The molecule has 4 heteroatoms. The van der Waals surface area contributed by atoms with E-state index in [1.807, 2.05) is 30.3 Å². The van der Waals surface area contributed by atoms with Gasteiger partial charge >= 0.3 is 0 Å². The number of rotatable bonds is 6. The molecular formula is C17H19ClFNS. The second-order valence-electron chi connectivity index (χ2n) is 4.88. The number of halogens is 2. The molecule has 1 unspecified atom stereocenters. The van der Waals surface area contributed by atoms with E-state index in [2.05, 4.69) is 19.2 Å². The van der Waals surface area contributed by atoms with Crippen LogP contribution in [0.1, 0.15) is 31.0 Å². The molecule has 2 aromatic carbocycles. The molecule has 0 radical (unpaired) electrons. The Labute approximate surface area is 134 Å². The number of benzene rings is 2. The molecule has 0 aliphatic carbocycles. The molecule has 112 valence electrons. The molecule has 2 rings (SSSR count). The van der Waals surface area contributed by atoms with Gasteiger partial charge in [-0.3, -0.25) is 0 Å². The maximum atomic E-state index is 13.5. The minimum absolute atomic E-state index is 0.137. The van der Waals surface area contributed by atoms with Crippen molar-refractivity contribution in [3.8, 4) is 0 Å². The summed E-state index contributed by atoms with van der Waals surface area (Å²) in [5, 5.41) is 4.08. The Balaban J connectivity index is 2.13. The van der Waals surface area contributed by atoms with Crippen molar-refractivity contribution < 1.29 is 4.39 Å². The van der Waals surface area contributed by atoms with E-state index in [9.17, 15) is 4.39 Å². The molecule has 0 saturated heterocycles. The van der Waals surface area contributed by atoms with Gasteiger partial charge in [-0.2, -0.15) is 0 Å². The Morgan fingerprint density at radius 2 is 1.90 bits per heavy atom. The third-order valence-electron chi connectivity index (χ3n) is 3.26. The molecule has 0 aliphatic rings. The Morgan fingerprint density at radius 3 is 2.57 bits per heavy atom. The standard InChI is InChI=1S/C17H19ClFNS/c1-3-20-12(2)16-10-15(19)8-9-17(16)21-11-13-4-6-14(18)7-5-13/h4-10,12,20H,3,11H2,1-2H3. The van der Waals surface area contributed by atoms with Gasteiger partial charge in [0.1, 0.15) is 5.82 Å². The Morgan fingerprint density at radius 1 is 1.19 bits per heavy atom. The normalized spacial score (nSPS) is 12.4. The zero-order valence-corrected chi connectivity index (χ0v) is 13.8. The monoisotopic (exact) mass is 323 g/mol. The molecule has 0 amide bonds. The Kier molecular flexibility index (Phi) is 6.09. The van der Waals surface area contributed by atoms with E-state index in [-0.39, 0.29) is 11.9 Å². The maximum absolute atomic E-state index is 13.5. The summed E-state index contributed by atoms with van der Waals surface area (Å²) in [5.41, 5.74) is 2.21. The van der Waals surface area contributed by atoms with Gasteiger partial charge in [0.2, 0.25) is 0 Å². The van der Waals surface area contributed by atoms with Crippen LogP contribution in [0.2, 0.25) is 5.02 Å². The van der Waals surface area contributed by atoms with Crippen molar-refractivity contribution in [2.45, 2.75) is 30.5 Å². The van der Waals surface area contributed by atoms with Gasteiger partial charge in [-0.15, -0.1) is 11.8 Å². The fourth-order valence-electron chi connectivity index (χ4n) is 2.15. The number of thioether (sulfide) groups is 1. The molecule has 2 aromatic rings. The highest BCUT2D eigenvalue weighted by molar-refractivity contribution is 7.98. The van der Waals surface area contributed by atoms with Crippen LogP contribution in [0.3, 0.4) is 0 Å². The minimum atomic E-state index is -0.189. The quantitative estimate of drug-likeness (QED) is 0.710. The van der Waals surface area contributed by atoms with Gasteiger partial charge in [-0.25, -0.2) is 4.39 Å².